The molecular weight excluding hydrogens is 454 g/mol. The molecule has 0 spiro atoms. The molecule has 1 aliphatic rings. The molecule has 0 amide bonds. The quantitative estimate of drug-likeness (QED) is 0.365. The van der Waals surface area contributed by atoms with E-state index in [0.29, 0.717) is 6.54 Å². The van der Waals surface area contributed by atoms with Crippen molar-refractivity contribution >= 4 is 16.9 Å². The second-order valence-electron chi connectivity index (χ2n) is 8.74. The fourth-order valence-corrected chi connectivity index (χ4v) is 4.34. The highest BCUT2D eigenvalue weighted by atomic mass is 16.5. The van der Waals surface area contributed by atoms with E-state index in [-0.39, 0.29) is 11.9 Å². The molecule has 4 aromatic heterocycles. The largest absolute Gasteiger partial charge is 0.455 e. The van der Waals surface area contributed by atoms with E-state index in [2.05, 4.69) is 41.3 Å². The van der Waals surface area contributed by atoms with Crippen molar-refractivity contribution < 1.29 is 9.53 Å². The summed E-state index contributed by atoms with van der Waals surface area (Å²) in [5.74, 6) is -0.452. The van der Waals surface area contributed by atoms with Crippen molar-refractivity contribution in [3.63, 3.8) is 0 Å². The van der Waals surface area contributed by atoms with Crippen molar-refractivity contribution in [1.29, 1.82) is 0 Å². The Morgan fingerprint density at radius 2 is 1.81 bits per heavy atom. The van der Waals surface area contributed by atoms with Crippen molar-refractivity contribution in [2.45, 2.75) is 19.4 Å². The molecule has 1 aliphatic heterocycles. The normalized spacial score (nSPS) is 15.3. The average molecular weight is 478 g/mol. The predicted octanol–water partition coefficient (Wildman–Crippen LogP) is 3.97. The van der Waals surface area contributed by atoms with Crippen molar-refractivity contribution in [3.8, 4) is 33.8 Å². The number of hydrogen-bond donors (Lipinski definition) is 2. The highest BCUT2D eigenvalue weighted by Crippen LogP contribution is 2.31. The third kappa shape index (κ3) is 4.32. The summed E-state index contributed by atoms with van der Waals surface area (Å²) >= 11 is 0. The number of hydrogen-bond acceptors (Lipinski definition) is 8. The summed E-state index contributed by atoms with van der Waals surface area (Å²) in [5, 5.41) is 4.12. The number of nitrogens with zero attached hydrogens (tertiary/aromatic N) is 5. The van der Waals surface area contributed by atoms with Gasteiger partial charge in [0.2, 0.25) is 5.82 Å². The van der Waals surface area contributed by atoms with Crippen LogP contribution in [-0.4, -0.2) is 55.1 Å². The van der Waals surface area contributed by atoms with Gasteiger partial charge in [-0.1, -0.05) is 12.1 Å². The predicted molar refractivity (Wildman–Crippen MR) is 135 cm³/mol. The van der Waals surface area contributed by atoms with Gasteiger partial charge >= 0.3 is 5.97 Å². The highest BCUT2D eigenvalue weighted by molar-refractivity contribution is 5.89. The molecule has 5 heterocycles. The first kappa shape index (κ1) is 22.0. The number of carbonyl (C=O) groups excluding carboxylic acids is 1. The van der Waals surface area contributed by atoms with Gasteiger partial charge in [0.15, 0.2) is 0 Å². The lowest BCUT2D eigenvalue weighted by Gasteiger charge is -2.10. The monoisotopic (exact) mass is 477 g/mol. The maximum atomic E-state index is 12.3. The lowest BCUT2D eigenvalue weighted by molar-refractivity contribution is 0.0330. The van der Waals surface area contributed by atoms with Gasteiger partial charge in [-0.3, -0.25) is 9.97 Å². The Balaban J connectivity index is 1.29. The lowest BCUT2D eigenvalue weighted by Crippen LogP contribution is -2.22. The van der Waals surface area contributed by atoms with E-state index in [4.69, 9.17) is 4.74 Å². The number of esters is 1. The molecule has 6 rings (SSSR count). The molecule has 1 atom stereocenters. The van der Waals surface area contributed by atoms with Gasteiger partial charge in [-0.2, -0.15) is 0 Å². The number of fused-ring (bicyclic) bond motifs is 1. The van der Waals surface area contributed by atoms with E-state index in [1.54, 1.807) is 24.9 Å². The maximum absolute atomic E-state index is 12.3. The van der Waals surface area contributed by atoms with Crippen molar-refractivity contribution in [3.05, 3.63) is 78.9 Å². The molecule has 36 heavy (non-hydrogen) atoms. The SMILES string of the molecule is Cc1cccc(-c2[nH]cnc2-c2ccc3ncc(-c4cnc(C(=O)O[C@H]5CCNC5)nc4)cc3c2)n1. The van der Waals surface area contributed by atoms with Gasteiger partial charge in [-0.25, -0.2) is 19.7 Å². The van der Waals surface area contributed by atoms with Gasteiger partial charge in [-0.05, 0) is 50.2 Å². The molecule has 0 radical (unpaired) electrons. The molecule has 0 bridgehead atoms. The number of H-pyrrole nitrogens is 1. The summed E-state index contributed by atoms with van der Waals surface area (Å²) in [6, 6.07) is 14.0. The number of rotatable bonds is 5. The summed E-state index contributed by atoms with van der Waals surface area (Å²) in [5.41, 5.74) is 6.90. The Labute approximate surface area is 207 Å². The first-order valence-electron chi connectivity index (χ1n) is 11.8. The highest BCUT2D eigenvalue weighted by Gasteiger charge is 2.21. The van der Waals surface area contributed by atoms with E-state index >= 15 is 0 Å². The zero-order chi connectivity index (χ0) is 24.5. The summed E-state index contributed by atoms with van der Waals surface area (Å²) in [6.45, 7) is 3.48. The Morgan fingerprint density at radius 1 is 0.972 bits per heavy atom. The first-order chi connectivity index (χ1) is 17.6. The van der Waals surface area contributed by atoms with Crippen molar-refractivity contribution in [1.82, 2.24) is 35.2 Å². The molecule has 0 aliphatic carbocycles. The van der Waals surface area contributed by atoms with Crippen LogP contribution >= 0.6 is 0 Å². The standard InChI is InChI=1S/C27H23N7O2/c1-16-3-2-4-23(34-16)25-24(32-15-33-25)17-5-6-22-18(9-17)10-19(11-29-22)20-12-30-26(31-13-20)27(35)36-21-7-8-28-14-21/h2-6,9-13,15,21,28H,7-8,14H2,1H3,(H,32,33)/t21-/m0/s1. The van der Waals surface area contributed by atoms with Crippen LogP contribution in [0, 0.1) is 6.92 Å². The summed E-state index contributed by atoms with van der Waals surface area (Å²) in [7, 11) is 0. The number of aromatic amines is 1. The Kier molecular flexibility index (Phi) is 5.67. The van der Waals surface area contributed by atoms with Gasteiger partial charge < -0.3 is 15.0 Å². The second-order valence-corrected chi connectivity index (χ2v) is 8.74. The van der Waals surface area contributed by atoms with Crippen LogP contribution in [-0.2, 0) is 4.74 Å². The minimum atomic E-state index is -0.505. The Morgan fingerprint density at radius 3 is 2.61 bits per heavy atom. The molecule has 1 saturated heterocycles. The van der Waals surface area contributed by atoms with E-state index in [1.165, 1.54) is 0 Å². The minimum absolute atomic E-state index is 0.0532. The zero-order valence-electron chi connectivity index (χ0n) is 19.6. The molecule has 5 aromatic rings. The fourth-order valence-electron chi connectivity index (χ4n) is 4.34. The minimum Gasteiger partial charge on any atom is -0.455 e. The molecule has 2 N–H and O–H groups in total. The molecule has 9 heteroatoms. The fraction of sp³-hybridized carbons (Fsp3) is 0.185. The van der Waals surface area contributed by atoms with Crippen LogP contribution < -0.4 is 5.32 Å². The van der Waals surface area contributed by atoms with Crippen LogP contribution in [0.25, 0.3) is 44.7 Å². The molecule has 178 valence electrons. The van der Waals surface area contributed by atoms with Gasteiger partial charge in [-0.15, -0.1) is 0 Å². The van der Waals surface area contributed by atoms with Gasteiger partial charge in [0, 0.05) is 52.9 Å². The molecule has 9 nitrogen and oxygen atoms in total. The van der Waals surface area contributed by atoms with Crippen LogP contribution in [0.1, 0.15) is 22.7 Å². The van der Waals surface area contributed by atoms with E-state index in [1.807, 2.05) is 43.3 Å². The smallest absolute Gasteiger partial charge is 0.376 e. The van der Waals surface area contributed by atoms with Gasteiger partial charge in [0.1, 0.15) is 6.10 Å². The average Bonchev–Trinajstić information content (AvgIpc) is 3.61. The van der Waals surface area contributed by atoms with Crippen LogP contribution in [0.3, 0.4) is 0 Å². The molecular formula is C27H23N7O2. The summed E-state index contributed by atoms with van der Waals surface area (Å²) < 4.78 is 5.45. The number of carbonyl (C=O) groups is 1. The molecule has 1 fully saturated rings. The number of aromatic nitrogens is 6. The number of nitrogens with one attached hydrogen (secondary N) is 2. The Hall–Kier alpha value is -4.50. The number of imidazole rings is 1. The van der Waals surface area contributed by atoms with E-state index < -0.39 is 5.97 Å². The topological polar surface area (TPSA) is 119 Å². The third-order valence-corrected chi connectivity index (χ3v) is 6.20. The third-order valence-electron chi connectivity index (χ3n) is 6.20. The zero-order valence-corrected chi connectivity index (χ0v) is 19.6. The number of pyridine rings is 2. The van der Waals surface area contributed by atoms with Crippen molar-refractivity contribution in [2.75, 3.05) is 13.1 Å². The molecule has 1 aromatic carbocycles. The van der Waals surface area contributed by atoms with Gasteiger partial charge in [0.05, 0.1) is 28.9 Å². The van der Waals surface area contributed by atoms with Crippen LogP contribution in [0.2, 0.25) is 0 Å². The van der Waals surface area contributed by atoms with Gasteiger partial charge in [0.25, 0.3) is 0 Å². The van der Waals surface area contributed by atoms with Crippen LogP contribution in [0.15, 0.2) is 67.4 Å². The van der Waals surface area contributed by atoms with E-state index in [9.17, 15) is 4.79 Å². The summed E-state index contributed by atoms with van der Waals surface area (Å²) in [4.78, 5) is 37.8. The second kappa shape index (κ2) is 9.27. The molecule has 0 saturated carbocycles. The Bertz CT molecular complexity index is 1560. The maximum Gasteiger partial charge on any atom is 0.376 e. The number of aryl methyl sites for hydroxylation is 1. The first-order valence-corrected chi connectivity index (χ1v) is 11.8. The van der Waals surface area contributed by atoms with E-state index in [0.717, 1.165) is 63.3 Å². The summed E-state index contributed by atoms with van der Waals surface area (Å²) in [6.07, 6.45) is 7.38. The molecule has 0 unspecified atom stereocenters. The number of ether oxygens (including phenoxy) is 1. The lowest BCUT2D eigenvalue weighted by atomic mass is 10.0. The van der Waals surface area contributed by atoms with Crippen LogP contribution in [0.4, 0.5) is 0 Å². The van der Waals surface area contributed by atoms with Crippen molar-refractivity contribution in [2.24, 2.45) is 0 Å². The number of benzene rings is 1. The van der Waals surface area contributed by atoms with Crippen LogP contribution in [0.5, 0.6) is 0 Å².